The van der Waals surface area contributed by atoms with Crippen LogP contribution in [-0.4, -0.2) is 36.2 Å². The maximum atomic E-state index is 12.3. The summed E-state index contributed by atoms with van der Waals surface area (Å²) in [6, 6.07) is 8.81. The van der Waals surface area contributed by atoms with Crippen LogP contribution in [0.25, 0.3) is 0 Å². The average molecular weight is 291 g/mol. The SMILES string of the molecule is COC(=O)C1(NC(=O)c2ccccc2)CCC(CO)CC1. The van der Waals surface area contributed by atoms with Gasteiger partial charge in [-0.05, 0) is 43.7 Å². The quantitative estimate of drug-likeness (QED) is 0.825. The predicted molar refractivity (Wildman–Crippen MR) is 77.7 cm³/mol. The Balaban J connectivity index is 2.14. The number of rotatable bonds is 4. The van der Waals surface area contributed by atoms with Gasteiger partial charge >= 0.3 is 5.97 Å². The van der Waals surface area contributed by atoms with Gasteiger partial charge in [0.25, 0.3) is 5.91 Å². The van der Waals surface area contributed by atoms with Crippen molar-refractivity contribution in [3.63, 3.8) is 0 Å². The maximum Gasteiger partial charge on any atom is 0.331 e. The number of amides is 1. The van der Waals surface area contributed by atoms with Gasteiger partial charge in [0, 0.05) is 12.2 Å². The summed E-state index contributed by atoms with van der Waals surface area (Å²) < 4.78 is 4.88. The van der Waals surface area contributed by atoms with Crippen molar-refractivity contribution >= 4 is 11.9 Å². The minimum Gasteiger partial charge on any atom is -0.467 e. The largest absolute Gasteiger partial charge is 0.467 e. The van der Waals surface area contributed by atoms with E-state index in [4.69, 9.17) is 4.74 Å². The maximum absolute atomic E-state index is 12.3. The summed E-state index contributed by atoms with van der Waals surface area (Å²) in [7, 11) is 1.33. The molecule has 0 atom stereocenters. The van der Waals surface area contributed by atoms with Crippen LogP contribution < -0.4 is 5.32 Å². The lowest BCUT2D eigenvalue weighted by atomic mass is 9.76. The number of benzene rings is 1. The molecule has 1 aromatic rings. The number of hydrogen-bond donors (Lipinski definition) is 2. The molecule has 2 N–H and O–H groups in total. The smallest absolute Gasteiger partial charge is 0.331 e. The lowest BCUT2D eigenvalue weighted by Gasteiger charge is -2.37. The van der Waals surface area contributed by atoms with Gasteiger partial charge < -0.3 is 15.2 Å². The zero-order valence-corrected chi connectivity index (χ0v) is 12.2. The molecule has 2 rings (SSSR count). The summed E-state index contributed by atoms with van der Waals surface area (Å²) in [5, 5.41) is 12.1. The number of ether oxygens (including phenoxy) is 1. The minimum absolute atomic E-state index is 0.115. The first kappa shape index (κ1) is 15.5. The van der Waals surface area contributed by atoms with E-state index in [-0.39, 0.29) is 18.4 Å². The van der Waals surface area contributed by atoms with Crippen LogP contribution in [0.3, 0.4) is 0 Å². The van der Waals surface area contributed by atoms with Crippen molar-refractivity contribution < 1.29 is 19.4 Å². The third-order valence-electron chi connectivity index (χ3n) is 4.18. The molecule has 0 aromatic heterocycles. The van der Waals surface area contributed by atoms with Crippen LogP contribution in [0, 0.1) is 5.92 Å². The van der Waals surface area contributed by atoms with Gasteiger partial charge in [-0.3, -0.25) is 4.79 Å². The van der Waals surface area contributed by atoms with E-state index in [1.807, 2.05) is 6.07 Å². The van der Waals surface area contributed by atoms with Gasteiger partial charge in [0.15, 0.2) is 0 Å². The highest BCUT2D eigenvalue weighted by atomic mass is 16.5. The molecule has 0 saturated heterocycles. The van der Waals surface area contributed by atoms with Crippen LogP contribution >= 0.6 is 0 Å². The van der Waals surface area contributed by atoms with Gasteiger partial charge in [-0.25, -0.2) is 4.79 Å². The second-order valence-corrected chi connectivity index (χ2v) is 5.52. The number of aliphatic hydroxyl groups is 1. The lowest BCUT2D eigenvalue weighted by molar-refractivity contribution is -0.150. The van der Waals surface area contributed by atoms with Crippen LogP contribution in [-0.2, 0) is 9.53 Å². The van der Waals surface area contributed by atoms with Gasteiger partial charge in [0.05, 0.1) is 7.11 Å². The fourth-order valence-electron chi connectivity index (χ4n) is 2.81. The Bertz CT molecular complexity index is 492. The van der Waals surface area contributed by atoms with E-state index < -0.39 is 11.5 Å². The molecule has 1 saturated carbocycles. The highest BCUT2D eigenvalue weighted by Crippen LogP contribution is 2.33. The number of carbonyl (C=O) groups is 2. The van der Waals surface area contributed by atoms with Crippen molar-refractivity contribution in [1.82, 2.24) is 5.32 Å². The van der Waals surface area contributed by atoms with E-state index in [1.54, 1.807) is 24.3 Å². The second kappa shape index (κ2) is 6.72. The summed E-state index contributed by atoms with van der Waals surface area (Å²) in [5.74, 6) is -0.497. The normalized spacial score (nSPS) is 25.1. The molecule has 1 fully saturated rings. The average Bonchev–Trinajstić information content (AvgIpc) is 2.55. The molecule has 21 heavy (non-hydrogen) atoms. The van der Waals surface area contributed by atoms with Crippen LogP contribution in [0.15, 0.2) is 30.3 Å². The van der Waals surface area contributed by atoms with Crippen molar-refractivity contribution in [2.45, 2.75) is 31.2 Å². The first-order valence-corrected chi connectivity index (χ1v) is 7.18. The first-order valence-electron chi connectivity index (χ1n) is 7.18. The van der Waals surface area contributed by atoms with Crippen molar-refractivity contribution in [1.29, 1.82) is 0 Å². The molecular formula is C16H21NO4. The third kappa shape index (κ3) is 3.42. The molecule has 0 radical (unpaired) electrons. The van der Waals surface area contributed by atoms with Crippen LogP contribution in [0.1, 0.15) is 36.0 Å². The van der Waals surface area contributed by atoms with Gasteiger partial charge in [-0.1, -0.05) is 18.2 Å². The Morgan fingerprint density at radius 3 is 2.43 bits per heavy atom. The summed E-state index contributed by atoms with van der Waals surface area (Å²) in [5.41, 5.74) is -0.460. The Labute approximate surface area is 124 Å². The van der Waals surface area contributed by atoms with E-state index in [0.29, 0.717) is 31.2 Å². The highest BCUT2D eigenvalue weighted by Gasteiger charge is 2.44. The van der Waals surface area contributed by atoms with Gasteiger partial charge in [0.1, 0.15) is 5.54 Å². The van der Waals surface area contributed by atoms with Crippen molar-refractivity contribution in [2.24, 2.45) is 5.92 Å². The van der Waals surface area contributed by atoms with E-state index in [2.05, 4.69) is 5.32 Å². The number of esters is 1. The molecule has 5 nitrogen and oxygen atoms in total. The topological polar surface area (TPSA) is 75.6 Å². The fourth-order valence-corrected chi connectivity index (χ4v) is 2.81. The van der Waals surface area contributed by atoms with Crippen LogP contribution in [0.2, 0.25) is 0 Å². The number of hydrogen-bond acceptors (Lipinski definition) is 4. The molecule has 1 aliphatic rings. The molecule has 1 aromatic carbocycles. The lowest BCUT2D eigenvalue weighted by Crippen LogP contribution is -2.57. The van der Waals surface area contributed by atoms with Crippen LogP contribution in [0.5, 0.6) is 0 Å². The number of aliphatic hydroxyl groups excluding tert-OH is 1. The fraction of sp³-hybridized carbons (Fsp3) is 0.500. The van der Waals surface area contributed by atoms with E-state index in [9.17, 15) is 14.7 Å². The molecule has 114 valence electrons. The summed E-state index contributed by atoms with van der Waals surface area (Å²) in [6.45, 7) is 0.115. The van der Waals surface area contributed by atoms with Crippen molar-refractivity contribution in [2.75, 3.05) is 13.7 Å². The molecule has 0 heterocycles. The predicted octanol–water partition coefficient (Wildman–Crippen LogP) is 1.51. The molecule has 0 unspecified atom stereocenters. The van der Waals surface area contributed by atoms with E-state index >= 15 is 0 Å². The number of nitrogens with one attached hydrogen (secondary N) is 1. The first-order chi connectivity index (χ1) is 10.1. The van der Waals surface area contributed by atoms with Crippen molar-refractivity contribution in [3.8, 4) is 0 Å². The second-order valence-electron chi connectivity index (χ2n) is 5.52. The highest BCUT2D eigenvalue weighted by molar-refractivity contribution is 5.98. The molecule has 0 bridgehead atoms. The zero-order chi connectivity index (χ0) is 15.3. The Hall–Kier alpha value is -1.88. The van der Waals surface area contributed by atoms with Gasteiger partial charge in [-0.15, -0.1) is 0 Å². The third-order valence-corrected chi connectivity index (χ3v) is 4.18. The number of methoxy groups -OCH3 is 1. The van der Waals surface area contributed by atoms with Gasteiger partial charge in [0.2, 0.25) is 0 Å². The minimum atomic E-state index is -0.979. The summed E-state index contributed by atoms with van der Waals surface area (Å²) in [4.78, 5) is 24.5. The molecule has 0 aliphatic heterocycles. The summed E-state index contributed by atoms with van der Waals surface area (Å²) in [6.07, 6.45) is 2.37. The van der Waals surface area contributed by atoms with Crippen LogP contribution in [0.4, 0.5) is 0 Å². The monoisotopic (exact) mass is 291 g/mol. The Morgan fingerprint density at radius 1 is 1.29 bits per heavy atom. The molecule has 1 aliphatic carbocycles. The Morgan fingerprint density at radius 2 is 1.90 bits per heavy atom. The van der Waals surface area contributed by atoms with E-state index in [1.165, 1.54) is 7.11 Å². The zero-order valence-electron chi connectivity index (χ0n) is 12.2. The van der Waals surface area contributed by atoms with E-state index in [0.717, 1.165) is 0 Å². The summed E-state index contributed by atoms with van der Waals surface area (Å²) >= 11 is 0. The van der Waals surface area contributed by atoms with Crippen molar-refractivity contribution in [3.05, 3.63) is 35.9 Å². The Kier molecular flexibility index (Phi) is 4.96. The van der Waals surface area contributed by atoms with Gasteiger partial charge in [-0.2, -0.15) is 0 Å². The molecule has 5 heteroatoms. The molecule has 1 amide bonds. The molecule has 0 spiro atoms. The standard InChI is InChI=1S/C16H21NO4/c1-21-15(20)16(9-7-12(11-18)8-10-16)17-14(19)13-5-3-2-4-6-13/h2-6,12,18H,7-11H2,1H3,(H,17,19). The molecular weight excluding hydrogens is 270 g/mol. The number of carbonyl (C=O) groups excluding carboxylic acids is 2.